The number of carbonyl (C=O) groups is 1. The van der Waals surface area contributed by atoms with E-state index in [1.807, 2.05) is 25.7 Å². The van der Waals surface area contributed by atoms with Gasteiger partial charge in [-0.15, -0.1) is 0 Å². The number of hydrogen-bond donors (Lipinski definition) is 1. The molecule has 1 fully saturated rings. The topological polar surface area (TPSA) is 59.0 Å². The molecule has 0 aliphatic carbocycles. The Hall–Kier alpha value is -2.53. The van der Waals surface area contributed by atoms with E-state index in [2.05, 4.69) is 45.9 Å². The second-order valence-electron chi connectivity index (χ2n) is 11.6. The summed E-state index contributed by atoms with van der Waals surface area (Å²) in [5, 5.41) is 10.4. The standard InChI is InChI=1S/C33H49NO4/c1-23(13-9-15-25(3)32(36)34-19-21-37-22-20-34)11-8-12-24(2)14-10-17-33(7)18-16-29-28(6)30(35)26(4)27(5)31(29)38-33/h11,14-15,35H,8-10,12-13,16-22H2,1-7H3/b23-11+,24-14+,25-15+. The van der Waals surface area contributed by atoms with Crippen LogP contribution in [-0.4, -0.2) is 47.8 Å². The second kappa shape index (κ2) is 13.5. The van der Waals surface area contributed by atoms with Gasteiger partial charge in [0.05, 0.1) is 13.2 Å². The molecule has 1 aromatic carbocycles. The third kappa shape index (κ3) is 7.75. The maximum atomic E-state index is 12.5. The minimum atomic E-state index is -0.171. The molecule has 5 heteroatoms. The minimum absolute atomic E-state index is 0.145. The lowest BCUT2D eigenvalue weighted by atomic mass is 9.85. The average molecular weight is 524 g/mol. The number of rotatable bonds is 10. The molecule has 210 valence electrons. The van der Waals surface area contributed by atoms with E-state index in [9.17, 15) is 9.90 Å². The molecule has 2 aliphatic rings. The van der Waals surface area contributed by atoms with Crippen LogP contribution in [-0.2, 0) is 16.0 Å². The van der Waals surface area contributed by atoms with Crippen molar-refractivity contribution in [2.24, 2.45) is 0 Å². The van der Waals surface area contributed by atoms with Crippen LogP contribution < -0.4 is 4.74 Å². The molecule has 2 heterocycles. The average Bonchev–Trinajstić information content (AvgIpc) is 2.90. The molecule has 2 aliphatic heterocycles. The molecule has 1 aromatic rings. The van der Waals surface area contributed by atoms with E-state index in [0.717, 1.165) is 79.4 Å². The molecule has 5 nitrogen and oxygen atoms in total. The van der Waals surface area contributed by atoms with Crippen LogP contribution in [0.25, 0.3) is 0 Å². The van der Waals surface area contributed by atoms with E-state index in [-0.39, 0.29) is 11.5 Å². The van der Waals surface area contributed by atoms with Gasteiger partial charge in [-0.05, 0) is 117 Å². The van der Waals surface area contributed by atoms with Crippen LogP contribution in [0.2, 0.25) is 0 Å². The van der Waals surface area contributed by atoms with Gasteiger partial charge < -0.3 is 19.5 Å². The molecule has 0 bridgehead atoms. The highest BCUT2D eigenvalue weighted by Crippen LogP contribution is 2.44. The largest absolute Gasteiger partial charge is 0.507 e. The zero-order valence-electron chi connectivity index (χ0n) is 24.8. The summed E-state index contributed by atoms with van der Waals surface area (Å²) in [4.78, 5) is 14.4. The monoisotopic (exact) mass is 523 g/mol. The van der Waals surface area contributed by atoms with E-state index in [4.69, 9.17) is 9.47 Å². The number of nitrogens with zero attached hydrogens (tertiary/aromatic N) is 1. The Kier molecular flexibility index (Phi) is 10.7. The zero-order valence-corrected chi connectivity index (χ0v) is 24.8. The first-order chi connectivity index (χ1) is 18.0. The van der Waals surface area contributed by atoms with Gasteiger partial charge in [-0.25, -0.2) is 0 Å². The lowest BCUT2D eigenvalue weighted by Gasteiger charge is -2.38. The van der Waals surface area contributed by atoms with E-state index in [1.54, 1.807) is 0 Å². The summed E-state index contributed by atoms with van der Waals surface area (Å²) >= 11 is 0. The van der Waals surface area contributed by atoms with Crippen LogP contribution in [0.5, 0.6) is 11.5 Å². The van der Waals surface area contributed by atoms with Gasteiger partial charge in [0.25, 0.3) is 0 Å². The fraction of sp³-hybridized carbons (Fsp3) is 0.606. The predicted octanol–water partition coefficient (Wildman–Crippen LogP) is 7.44. The Labute approximate surface area is 230 Å². The van der Waals surface area contributed by atoms with Gasteiger partial charge in [0.1, 0.15) is 17.1 Å². The van der Waals surface area contributed by atoms with Crippen LogP contribution >= 0.6 is 0 Å². The van der Waals surface area contributed by atoms with Crippen molar-refractivity contribution in [1.82, 2.24) is 4.90 Å². The number of phenolic OH excluding ortho intramolecular Hbond substituents is 1. The molecule has 0 radical (unpaired) electrons. The second-order valence-corrected chi connectivity index (χ2v) is 11.6. The summed E-state index contributed by atoms with van der Waals surface area (Å²) in [6.45, 7) is 17.3. The van der Waals surface area contributed by atoms with Crippen LogP contribution in [0.4, 0.5) is 0 Å². The number of aromatic hydroxyl groups is 1. The quantitative estimate of drug-likeness (QED) is 0.256. The first-order valence-corrected chi connectivity index (χ1v) is 14.4. The number of allylic oxidation sites excluding steroid dienone is 5. The summed E-state index contributed by atoms with van der Waals surface area (Å²) in [6, 6.07) is 0. The molecule has 1 saturated heterocycles. The Morgan fingerprint density at radius 3 is 2.18 bits per heavy atom. The molecule has 0 saturated carbocycles. The molecule has 1 unspecified atom stereocenters. The smallest absolute Gasteiger partial charge is 0.249 e. The van der Waals surface area contributed by atoms with Gasteiger partial charge in [0.15, 0.2) is 0 Å². The summed E-state index contributed by atoms with van der Waals surface area (Å²) < 4.78 is 11.9. The number of benzene rings is 1. The molecule has 0 spiro atoms. The summed E-state index contributed by atoms with van der Waals surface area (Å²) in [6.07, 6.45) is 14.7. The predicted molar refractivity (Wildman–Crippen MR) is 156 cm³/mol. The number of hydrogen-bond acceptors (Lipinski definition) is 4. The summed E-state index contributed by atoms with van der Waals surface area (Å²) in [5.41, 5.74) is 7.62. The zero-order chi connectivity index (χ0) is 27.9. The Morgan fingerprint density at radius 1 is 0.921 bits per heavy atom. The van der Waals surface area contributed by atoms with E-state index < -0.39 is 0 Å². The Bertz CT molecular complexity index is 1090. The van der Waals surface area contributed by atoms with E-state index in [0.29, 0.717) is 32.1 Å². The fourth-order valence-corrected chi connectivity index (χ4v) is 5.46. The fourth-order valence-electron chi connectivity index (χ4n) is 5.46. The number of amides is 1. The molecule has 1 N–H and O–H groups in total. The van der Waals surface area contributed by atoms with E-state index in [1.165, 1.54) is 16.7 Å². The molecular formula is C33H49NO4. The third-order valence-corrected chi connectivity index (χ3v) is 8.41. The highest BCUT2D eigenvalue weighted by molar-refractivity contribution is 5.92. The minimum Gasteiger partial charge on any atom is -0.507 e. The van der Waals surface area contributed by atoms with Crippen molar-refractivity contribution in [3.8, 4) is 11.5 Å². The van der Waals surface area contributed by atoms with Crippen LogP contribution in [0.15, 0.2) is 34.9 Å². The van der Waals surface area contributed by atoms with Crippen molar-refractivity contribution < 1.29 is 19.4 Å². The van der Waals surface area contributed by atoms with Crippen molar-refractivity contribution in [2.45, 2.75) is 105 Å². The van der Waals surface area contributed by atoms with Gasteiger partial charge in [-0.3, -0.25) is 4.79 Å². The number of ether oxygens (including phenoxy) is 2. The molecule has 1 amide bonds. The maximum Gasteiger partial charge on any atom is 0.249 e. The van der Waals surface area contributed by atoms with Crippen LogP contribution in [0, 0.1) is 20.8 Å². The van der Waals surface area contributed by atoms with Gasteiger partial charge in [0, 0.05) is 24.2 Å². The third-order valence-electron chi connectivity index (χ3n) is 8.41. The van der Waals surface area contributed by atoms with Gasteiger partial charge >= 0.3 is 0 Å². The van der Waals surface area contributed by atoms with Gasteiger partial charge in [0.2, 0.25) is 5.91 Å². The van der Waals surface area contributed by atoms with Gasteiger partial charge in [-0.2, -0.15) is 0 Å². The molecule has 38 heavy (non-hydrogen) atoms. The van der Waals surface area contributed by atoms with Crippen LogP contribution in [0.3, 0.4) is 0 Å². The first kappa shape index (κ1) is 30.0. The summed E-state index contributed by atoms with van der Waals surface area (Å²) in [5.74, 6) is 1.55. The van der Waals surface area contributed by atoms with Gasteiger partial charge in [-0.1, -0.05) is 29.4 Å². The number of phenols is 1. The molecule has 0 aromatic heterocycles. The highest BCUT2D eigenvalue weighted by Gasteiger charge is 2.34. The van der Waals surface area contributed by atoms with Crippen molar-refractivity contribution in [1.29, 1.82) is 0 Å². The Balaban J connectivity index is 1.41. The molecular weight excluding hydrogens is 474 g/mol. The normalized spacial score (nSPS) is 20.8. The summed E-state index contributed by atoms with van der Waals surface area (Å²) in [7, 11) is 0. The van der Waals surface area contributed by atoms with Crippen LogP contribution in [0.1, 0.15) is 94.9 Å². The van der Waals surface area contributed by atoms with Crippen molar-refractivity contribution in [2.75, 3.05) is 26.3 Å². The van der Waals surface area contributed by atoms with E-state index >= 15 is 0 Å². The van der Waals surface area contributed by atoms with Crippen molar-refractivity contribution in [3.05, 3.63) is 57.2 Å². The first-order valence-electron chi connectivity index (χ1n) is 14.4. The highest BCUT2D eigenvalue weighted by atomic mass is 16.5. The number of morpholine rings is 1. The SMILES string of the molecule is C/C(=C\CC/C(C)=C/CCC1(C)CCc2c(C)c(O)c(C)c(C)c2O1)CC/C=C(\C)C(=O)N1CCOCC1. The molecule has 1 atom stereocenters. The lowest BCUT2D eigenvalue weighted by molar-refractivity contribution is -0.131. The number of carbonyl (C=O) groups excluding carboxylic acids is 1. The number of fused-ring (bicyclic) bond motifs is 1. The molecule has 3 rings (SSSR count). The van der Waals surface area contributed by atoms with Crippen molar-refractivity contribution in [3.63, 3.8) is 0 Å². The lowest BCUT2D eigenvalue weighted by Crippen LogP contribution is -2.41. The van der Waals surface area contributed by atoms with Crippen molar-refractivity contribution >= 4 is 5.91 Å². The Morgan fingerprint density at radius 2 is 1.53 bits per heavy atom. The maximum absolute atomic E-state index is 12.5.